The van der Waals surface area contributed by atoms with E-state index in [1.54, 1.807) is 0 Å². The molecule has 0 aromatic heterocycles. The molecule has 0 saturated carbocycles. The number of aliphatic carboxylic acids is 3. The lowest BCUT2D eigenvalue weighted by atomic mass is 10.1. The van der Waals surface area contributed by atoms with Crippen molar-refractivity contribution >= 4 is 54.1 Å². The van der Waals surface area contributed by atoms with Crippen molar-refractivity contribution in [3.8, 4) is 0 Å². The molecule has 362 valence electrons. The van der Waals surface area contributed by atoms with E-state index < -0.39 is 137 Å². The number of oxime groups is 2. The molecule has 0 bridgehead atoms. The number of aliphatic hydroxyl groups excluding tert-OH is 8. The van der Waals surface area contributed by atoms with Gasteiger partial charge in [-0.05, 0) is 0 Å². The van der Waals surface area contributed by atoms with E-state index >= 15 is 0 Å². The van der Waals surface area contributed by atoms with Crippen LogP contribution in [0.1, 0.15) is 12.8 Å². The molecule has 0 rings (SSSR count). The minimum atomic E-state index is -1.64. The Morgan fingerprint density at radius 2 is 0.841 bits per heavy atom. The molecule has 29 heteroatoms. The number of amides is 2. The zero-order chi connectivity index (χ0) is 47.7. The van der Waals surface area contributed by atoms with Crippen LogP contribution in [0.25, 0.3) is 0 Å². The number of rotatable bonds is 38. The van der Waals surface area contributed by atoms with Crippen LogP contribution in [0.3, 0.4) is 0 Å². The van der Waals surface area contributed by atoms with Crippen LogP contribution in [0.15, 0.2) is 10.3 Å². The molecule has 63 heavy (non-hydrogen) atoms. The van der Waals surface area contributed by atoms with Gasteiger partial charge in [-0.25, -0.2) is 9.59 Å². The van der Waals surface area contributed by atoms with E-state index in [9.17, 15) is 79.5 Å². The molecule has 0 heterocycles. The van der Waals surface area contributed by atoms with E-state index in [2.05, 4.69) is 30.6 Å². The molecule has 0 aliphatic rings. The lowest BCUT2D eigenvalue weighted by Gasteiger charge is -2.28. The minimum absolute atomic E-state index is 0.107. The molecule has 29 nitrogen and oxygen atoms in total. The van der Waals surface area contributed by atoms with Gasteiger partial charge in [0.2, 0.25) is 25.0 Å². The number of nitrogens with one attached hydrogen (secondary N) is 2. The fourth-order valence-electron chi connectivity index (χ4n) is 4.74. The summed E-state index contributed by atoms with van der Waals surface area (Å²) in [5.74, 6) is -7.03. The van der Waals surface area contributed by atoms with Crippen LogP contribution in [0.2, 0.25) is 0 Å². The van der Waals surface area contributed by atoms with Crippen LogP contribution in [0.4, 0.5) is 0 Å². The Bertz CT molecular complexity index is 1350. The van der Waals surface area contributed by atoms with Crippen LogP contribution in [-0.4, -0.2) is 273 Å². The van der Waals surface area contributed by atoms with Gasteiger partial charge in [0.25, 0.3) is 0 Å². The second kappa shape index (κ2) is 34.3. The number of carboxylic acid groups (broad SMARTS) is 3. The fourth-order valence-corrected chi connectivity index (χ4v) is 4.74. The van der Waals surface area contributed by atoms with Crippen LogP contribution >= 0.6 is 0 Å². The van der Waals surface area contributed by atoms with Gasteiger partial charge in [0.1, 0.15) is 37.6 Å². The number of esters is 2. The van der Waals surface area contributed by atoms with E-state index in [4.69, 9.17) is 19.7 Å². The predicted octanol–water partition coefficient (Wildman–Crippen LogP) is -8.60. The van der Waals surface area contributed by atoms with Crippen LogP contribution < -0.4 is 10.6 Å². The van der Waals surface area contributed by atoms with E-state index in [0.29, 0.717) is 0 Å². The van der Waals surface area contributed by atoms with Crippen LogP contribution in [0.5, 0.6) is 0 Å². The fraction of sp³-hybridized carbons (Fsp3) is 0.735. The lowest BCUT2D eigenvalue weighted by Crippen LogP contribution is -2.47. The highest BCUT2D eigenvalue weighted by Crippen LogP contribution is 2.04. The normalized spacial score (nSPS) is 14.5. The highest BCUT2D eigenvalue weighted by atomic mass is 16.7. The summed E-state index contributed by atoms with van der Waals surface area (Å²) in [5, 5.41) is 114. The number of carboxylic acids is 3. The molecular formula is C34H59N7O22. The largest absolute Gasteiger partial charge is 0.480 e. The molecule has 0 radical (unpaired) electrons. The van der Waals surface area contributed by atoms with Gasteiger partial charge in [0, 0.05) is 51.4 Å². The van der Waals surface area contributed by atoms with E-state index in [1.807, 2.05) is 0 Å². The molecule has 0 unspecified atom stereocenters. The summed E-state index contributed by atoms with van der Waals surface area (Å²) in [6.45, 7) is -7.16. The molecule has 13 N–H and O–H groups in total. The van der Waals surface area contributed by atoms with Gasteiger partial charge < -0.3 is 86.0 Å². The molecular weight excluding hydrogens is 858 g/mol. The number of hydrogen-bond donors (Lipinski definition) is 13. The van der Waals surface area contributed by atoms with Gasteiger partial charge in [0.15, 0.2) is 0 Å². The van der Waals surface area contributed by atoms with Gasteiger partial charge in [-0.1, -0.05) is 10.3 Å². The molecule has 0 aliphatic heterocycles. The Kier molecular flexibility index (Phi) is 31.5. The minimum Gasteiger partial charge on any atom is -0.480 e. The van der Waals surface area contributed by atoms with Crippen molar-refractivity contribution in [2.45, 2.75) is 49.5 Å². The van der Waals surface area contributed by atoms with E-state index in [-0.39, 0.29) is 65.3 Å². The molecule has 0 aliphatic carbocycles. The Balaban J connectivity index is 4.83. The maximum absolute atomic E-state index is 12.5. The summed E-state index contributed by atoms with van der Waals surface area (Å²) >= 11 is 0. The first-order chi connectivity index (χ1) is 29.8. The Hall–Kier alpha value is -5.21. The van der Waals surface area contributed by atoms with Crippen molar-refractivity contribution in [2.75, 3.05) is 112 Å². The zero-order valence-corrected chi connectivity index (χ0v) is 34.2. The average molecular weight is 918 g/mol. The van der Waals surface area contributed by atoms with Crippen molar-refractivity contribution in [1.29, 1.82) is 0 Å². The molecule has 0 aromatic carbocycles. The summed E-state index contributed by atoms with van der Waals surface area (Å²) in [4.78, 5) is 96.3. The van der Waals surface area contributed by atoms with E-state index in [1.165, 1.54) is 14.7 Å². The third-order valence-electron chi connectivity index (χ3n) is 7.96. The molecule has 0 spiro atoms. The second-order valence-corrected chi connectivity index (χ2v) is 13.2. The molecule has 0 aromatic rings. The Morgan fingerprint density at radius 1 is 0.508 bits per heavy atom. The van der Waals surface area contributed by atoms with Crippen molar-refractivity contribution in [3.05, 3.63) is 0 Å². The summed E-state index contributed by atoms with van der Waals surface area (Å²) < 4.78 is 9.73. The third kappa shape index (κ3) is 30.5. The number of carbonyl (C=O) groups is 7. The van der Waals surface area contributed by atoms with Gasteiger partial charge in [-0.15, -0.1) is 0 Å². The summed E-state index contributed by atoms with van der Waals surface area (Å²) in [7, 11) is 0. The first-order valence-electron chi connectivity index (χ1n) is 19.0. The molecule has 0 saturated heterocycles. The first kappa shape index (κ1) is 57.8. The third-order valence-corrected chi connectivity index (χ3v) is 7.96. The molecule has 2 amide bonds. The lowest BCUT2D eigenvalue weighted by molar-refractivity contribution is -0.149. The topological polar surface area (TPSA) is 437 Å². The van der Waals surface area contributed by atoms with Crippen molar-refractivity contribution in [1.82, 2.24) is 25.3 Å². The summed E-state index contributed by atoms with van der Waals surface area (Å²) in [6.07, 6.45) is -7.93. The maximum atomic E-state index is 12.5. The summed E-state index contributed by atoms with van der Waals surface area (Å²) in [5.41, 5.74) is 0. The van der Waals surface area contributed by atoms with Crippen LogP contribution in [-0.2, 0) is 52.7 Å². The number of ether oxygens (including phenoxy) is 2. The molecule has 0 fully saturated rings. The van der Waals surface area contributed by atoms with E-state index in [0.717, 1.165) is 12.4 Å². The van der Waals surface area contributed by atoms with Gasteiger partial charge in [0.05, 0.1) is 71.2 Å². The summed E-state index contributed by atoms with van der Waals surface area (Å²) in [6, 6.07) is 0. The van der Waals surface area contributed by atoms with Crippen molar-refractivity contribution in [3.63, 3.8) is 0 Å². The number of aliphatic hydroxyl groups is 8. The quantitative estimate of drug-likeness (QED) is 0.0118. The van der Waals surface area contributed by atoms with Crippen molar-refractivity contribution in [2.24, 2.45) is 10.3 Å². The highest BCUT2D eigenvalue weighted by Gasteiger charge is 2.25. The number of nitrogens with zero attached hydrogens (tertiary/aromatic N) is 5. The standard InChI is InChI=1S/C34H59N7O22/c42-18-24(46)33(58)22(44)1-3-37-62-20-31(56)60-11-5-35-26(48)13-40(16-29(52)53)9-7-39(15-28(50)51)8-10-41(17-30(54)55)14-27(49)36-6-12-61-32(57)21-63-38-4-2-23(45)34(59)25(47)19-43/h3-4,22-25,33-34,42-47,58-59H,1-2,5-21H2,(H,35,48)(H,36,49)(H,50,51)(H,52,53)(H,54,55)/b37-3+,38-4+/t22-,23-,24-,25-,33-,34-/m1/s1. The zero-order valence-electron chi connectivity index (χ0n) is 34.2. The smallest absolute Gasteiger partial charge is 0.347 e. The van der Waals surface area contributed by atoms with Gasteiger partial charge >= 0.3 is 29.8 Å². The average Bonchev–Trinajstić information content (AvgIpc) is 3.22. The maximum Gasteiger partial charge on any atom is 0.347 e. The number of hydrogen-bond acceptors (Lipinski definition) is 24. The number of carbonyl (C=O) groups excluding carboxylic acids is 4. The van der Waals surface area contributed by atoms with Gasteiger partial charge in [-0.3, -0.25) is 38.7 Å². The Morgan fingerprint density at radius 3 is 1.17 bits per heavy atom. The second-order valence-electron chi connectivity index (χ2n) is 13.2. The predicted molar refractivity (Wildman–Crippen MR) is 208 cm³/mol. The monoisotopic (exact) mass is 917 g/mol. The van der Waals surface area contributed by atoms with Crippen molar-refractivity contribution < 1.29 is 109 Å². The molecule has 6 atom stereocenters. The SMILES string of the molecule is O=C(O)CN(CCN(CC(=O)O)CC(=O)NCCOC(=O)CO/N=C/C[C@@H](O)[C@@H](O)[C@H](O)CO)CCN(CC(=O)O)CC(=O)NCCOC(=O)CO/N=C/C[C@@H](O)[C@@H](O)[C@H](O)CO. The first-order valence-corrected chi connectivity index (χ1v) is 19.0. The highest BCUT2D eigenvalue weighted by molar-refractivity contribution is 5.79. The Labute approximate surface area is 359 Å². The van der Waals surface area contributed by atoms with Crippen LogP contribution in [0, 0.1) is 0 Å². The van der Waals surface area contributed by atoms with Gasteiger partial charge in [-0.2, -0.15) is 0 Å².